The van der Waals surface area contributed by atoms with Gasteiger partial charge in [0.15, 0.2) is 11.5 Å². The first-order valence-electron chi connectivity index (χ1n) is 7.44. The summed E-state index contributed by atoms with van der Waals surface area (Å²) in [4.78, 5) is 2.33. The summed E-state index contributed by atoms with van der Waals surface area (Å²) in [6.45, 7) is 5.30. The van der Waals surface area contributed by atoms with Crippen molar-refractivity contribution in [1.82, 2.24) is 19.9 Å². The van der Waals surface area contributed by atoms with Gasteiger partial charge in [-0.25, -0.2) is 4.68 Å². The van der Waals surface area contributed by atoms with E-state index in [1.54, 1.807) is 0 Å². The van der Waals surface area contributed by atoms with Gasteiger partial charge in [0.1, 0.15) is 0 Å². The van der Waals surface area contributed by atoms with Gasteiger partial charge in [0.25, 0.3) is 0 Å². The third-order valence-corrected chi connectivity index (χ3v) is 3.86. The lowest BCUT2D eigenvalue weighted by Crippen LogP contribution is -2.35. The summed E-state index contributed by atoms with van der Waals surface area (Å²) in [5.74, 6) is 1.60. The van der Waals surface area contributed by atoms with E-state index >= 15 is 0 Å². The monoisotopic (exact) mass is 302 g/mol. The van der Waals surface area contributed by atoms with E-state index < -0.39 is 0 Å². The van der Waals surface area contributed by atoms with Crippen LogP contribution >= 0.6 is 0 Å². The minimum Gasteiger partial charge on any atom is -0.454 e. The summed E-state index contributed by atoms with van der Waals surface area (Å²) < 4.78 is 17.9. The molecule has 0 amide bonds. The molecule has 3 heterocycles. The Morgan fingerprint density at radius 2 is 1.91 bits per heavy atom. The van der Waals surface area contributed by atoms with Crippen molar-refractivity contribution in [3.63, 3.8) is 0 Å². The molecule has 4 rings (SSSR count). The number of hydrogen-bond donors (Lipinski definition) is 0. The Kier molecular flexibility index (Phi) is 3.65. The van der Waals surface area contributed by atoms with Crippen molar-refractivity contribution >= 4 is 0 Å². The van der Waals surface area contributed by atoms with E-state index in [0.717, 1.165) is 55.6 Å². The minimum atomic E-state index is 0.297. The zero-order chi connectivity index (χ0) is 14.8. The molecule has 2 aliphatic rings. The third-order valence-electron chi connectivity index (χ3n) is 3.86. The minimum absolute atomic E-state index is 0.297. The lowest BCUT2D eigenvalue weighted by atomic mass is 10.2. The average molecular weight is 302 g/mol. The highest BCUT2D eigenvalue weighted by atomic mass is 16.7. The van der Waals surface area contributed by atoms with Crippen LogP contribution in [0.15, 0.2) is 24.4 Å². The van der Waals surface area contributed by atoms with E-state index in [4.69, 9.17) is 14.2 Å². The molecule has 1 aromatic heterocycles. The van der Waals surface area contributed by atoms with Crippen molar-refractivity contribution < 1.29 is 14.2 Å². The first-order valence-corrected chi connectivity index (χ1v) is 7.44. The van der Waals surface area contributed by atoms with E-state index in [-0.39, 0.29) is 0 Å². The summed E-state index contributed by atoms with van der Waals surface area (Å²) in [6.07, 6.45) is 2.00. The quantitative estimate of drug-likeness (QED) is 0.836. The zero-order valence-electron chi connectivity index (χ0n) is 12.3. The van der Waals surface area contributed by atoms with Crippen LogP contribution < -0.4 is 9.47 Å². The molecule has 0 spiro atoms. The number of rotatable bonds is 4. The van der Waals surface area contributed by atoms with Crippen molar-refractivity contribution in [2.45, 2.75) is 13.1 Å². The molecule has 0 bridgehead atoms. The number of hydrogen-bond acceptors (Lipinski definition) is 6. The highest BCUT2D eigenvalue weighted by Gasteiger charge is 2.15. The molecular weight excluding hydrogens is 284 g/mol. The molecule has 22 heavy (non-hydrogen) atoms. The highest BCUT2D eigenvalue weighted by molar-refractivity contribution is 5.44. The molecule has 0 atom stereocenters. The van der Waals surface area contributed by atoms with Crippen LogP contribution in [-0.2, 0) is 17.8 Å². The van der Waals surface area contributed by atoms with Gasteiger partial charge in [0.2, 0.25) is 6.79 Å². The highest BCUT2D eigenvalue weighted by Crippen LogP contribution is 2.32. The van der Waals surface area contributed by atoms with E-state index in [1.807, 2.05) is 29.1 Å². The number of aromatic nitrogens is 3. The SMILES string of the molecule is c1cc2c(cc1Cn1cc(CN3CCOCC3)nn1)OCO2. The summed E-state index contributed by atoms with van der Waals surface area (Å²) in [6, 6.07) is 5.95. The van der Waals surface area contributed by atoms with E-state index in [9.17, 15) is 0 Å². The molecule has 0 aliphatic carbocycles. The van der Waals surface area contributed by atoms with Gasteiger partial charge >= 0.3 is 0 Å². The maximum absolute atomic E-state index is 5.40. The Bertz CT molecular complexity index is 652. The van der Waals surface area contributed by atoms with Crippen molar-refractivity contribution in [3.05, 3.63) is 35.7 Å². The Balaban J connectivity index is 1.41. The summed E-state index contributed by atoms with van der Waals surface area (Å²) >= 11 is 0. The summed E-state index contributed by atoms with van der Waals surface area (Å²) in [5.41, 5.74) is 2.11. The molecule has 116 valence electrons. The van der Waals surface area contributed by atoms with Crippen LogP contribution in [0.3, 0.4) is 0 Å². The molecule has 0 N–H and O–H groups in total. The lowest BCUT2D eigenvalue weighted by Gasteiger charge is -2.25. The average Bonchev–Trinajstić information content (AvgIpc) is 3.17. The zero-order valence-corrected chi connectivity index (χ0v) is 12.3. The first-order chi connectivity index (χ1) is 10.9. The Labute approximate surface area is 128 Å². The second-order valence-corrected chi connectivity index (χ2v) is 5.48. The largest absolute Gasteiger partial charge is 0.454 e. The van der Waals surface area contributed by atoms with Crippen molar-refractivity contribution in [2.75, 3.05) is 33.1 Å². The third kappa shape index (κ3) is 2.90. The number of morpholine rings is 1. The predicted octanol–water partition coefficient (Wildman–Crippen LogP) is 0.887. The van der Waals surface area contributed by atoms with Gasteiger partial charge < -0.3 is 14.2 Å². The maximum atomic E-state index is 5.40. The van der Waals surface area contributed by atoms with Crippen molar-refractivity contribution in [2.24, 2.45) is 0 Å². The number of benzene rings is 1. The Morgan fingerprint density at radius 1 is 1.05 bits per heavy atom. The van der Waals surface area contributed by atoms with Gasteiger partial charge in [-0.1, -0.05) is 11.3 Å². The van der Waals surface area contributed by atoms with Crippen LogP contribution in [0.1, 0.15) is 11.3 Å². The van der Waals surface area contributed by atoms with E-state index in [2.05, 4.69) is 15.2 Å². The predicted molar refractivity (Wildman–Crippen MR) is 77.8 cm³/mol. The fraction of sp³-hybridized carbons (Fsp3) is 0.467. The molecule has 0 unspecified atom stereocenters. The fourth-order valence-corrected chi connectivity index (χ4v) is 2.70. The van der Waals surface area contributed by atoms with Crippen LogP contribution in [-0.4, -0.2) is 53.0 Å². The molecule has 7 heteroatoms. The van der Waals surface area contributed by atoms with Crippen LogP contribution in [0.2, 0.25) is 0 Å². The van der Waals surface area contributed by atoms with E-state index in [0.29, 0.717) is 13.3 Å². The van der Waals surface area contributed by atoms with Crippen LogP contribution in [0, 0.1) is 0 Å². The summed E-state index contributed by atoms with van der Waals surface area (Å²) in [7, 11) is 0. The molecule has 1 aromatic carbocycles. The number of fused-ring (bicyclic) bond motifs is 1. The van der Waals surface area contributed by atoms with Crippen molar-refractivity contribution in [3.8, 4) is 11.5 Å². The number of nitrogens with zero attached hydrogens (tertiary/aromatic N) is 4. The first kappa shape index (κ1) is 13.5. The van der Waals surface area contributed by atoms with Gasteiger partial charge in [-0.15, -0.1) is 5.10 Å². The molecule has 0 saturated carbocycles. The van der Waals surface area contributed by atoms with E-state index in [1.165, 1.54) is 0 Å². The standard InChI is InChI=1S/C15H18N4O3/c1-2-14-15(22-11-21-14)7-12(1)8-19-10-13(16-17-19)9-18-3-5-20-6-4-18/h1-2,7,10H,3-6,8-9,11H2. The molecule has 2 aromatic rings. The molecular formula is C15H18N4O3. The molecule has 7 nitrogen and oxygen atoms in total. The second kappa shape index (κ2) is 5.94. The molecule has 1 fully saturated rings. The van der Waals surface area contributed by atoms with Gasteiger partial charge in [0, 0.05) is 19.6 Å². The second-order valence-electron chi connectivity index (χ2n) is 5.48. The topological polar surface area (TPSA) is 61.6 Å². The number of ether oxygens (including phenoxy) is 3. The Hall–Kier alpha value is -2.12. The molecule has 1 saturated heterocycles. The molecule has 2 aliphatic heterocycles. The van der Waals surface area contributed by atoms with Gasteiger partial charge in [-0.05, 0) is 17.7 Å². The fourth-order valence-electron chi connectivity index (χ4n) is 2.70. The lowest BCUT2D eigenvalue weighted by molar-refractivity contribution is 0.0336. The maximum Gasteiger partial charge on any atom is 0.231 e. The van der Waals surface area contributed by atoms with Crippen LogP contribution in [0.5, 0.6) is 11.5 Å². The summed E-state index contributed by atoms with van der Waals surface area (Å²) in [5, 5.41) is 8.46. The normalized spacial score (nSPS) is 17.8. The van der Waals surface area contributed by atoms with Crippen molar-refractivity contribution in [1.29, 1.82) is 0 Å². The van der Waals surface area contributed by atoms with Gasteiger partial charge in [0.05, 0.1) is 31.6 Å². The Morgan fingerprint density at radius 3 is 2.82 bits per heavy atom. The van der Waals surface area contributed by atoms with Crippen LogP contribution in [0.25, 0.3) is 0 Å². The molecule has 0 radical (unpaired) electrons. The van der Waals surface area contributed by atoms with Gasteiger partial charge in [-0.3, -0.25) is 4.90 Å². The smallest absolute Gasteiger partial charge is 0.231 e. The van der Waals surface area contributed by atoms with Gasteiger partial charge in [-0.2, -0.15) is 0 Å². The van der Waals surface area contributed by atoms with Crippen LogP contribution in [0.4, 0.5) is 0 Å².